The van der Waals surface area contributed by atoms with E-state index in [1.165, 1.54) is 5.56 Å². The lowest BCUT2D eigenvalue weighted by Crippen LogP contribution is -2.23. The molecule has 3 N–H and O–H groups in total. The number of amides is 1. The summed E-state index contributed by atoms with van der Waals surface area (Å²) in [4.78, 5) is 15.8. The third kappa shape index (κ3) is 4.30. The number of H-pyrrole nitrogens is 1. The highest BCUT2D eigenvalue weighted by Crippen LogP contribution is 2.10. The third-order valence-electron chi connectivity index (χ3n) is 3.22. The monoisotopic (exact) mass is 287 g/mol. The Bertz CT molecular complexity index is 593. The summed E-state index contributed by atoms with van der Waals surface area (Å²) in [6.07, 6.45) is 5.49. The normalized spacial score (nSPS) is 10.4. The first-order chi connectivity index (χ1) is 10.2. The average Bonchev–Trinajstić information content (AvgIpc) is 2.90. The number of hydrogen-bond acceptors (Lipinski definition) is 4. The SMILES string of the molecule is CCNC(=O)c1cc(NCCCc2cn[nH]c2C)ccn1. The van der Waals surface area contributed by atoms with Gasteiger partial charge in [0.2, 0.25) is 0 Å². The Morgan fingerprint density at radius 2 is 2.29 bits per heavy atom. The molecule has 0 unspecified atom stereocenters. The van der Waals surface area contributed by atoms with Crippen LogP contribution in [-0.4, -0.2) is 34.2 Å². The highest BCUT2D eigenvalue weighted by molar-refractivity contribution is 5.93. The van der Waals surface area contributed by atoms with Gasteiger partial charge in [0.15, 0.2) is 0 Å². The van der Waals surface area contributed by atoms with Gasteiger partial charge < -0.3 is 10.6 Å². The highest BCUT2D eigenvalue weighted by atomic mass is 16.1. The van der Waals surface area contributed by atoms with Crippen molar-refractivity contribution in [3.05, 3.63) is 41.5 Å². The number of aryl methyl sites for hydroxylation is 2. The summed E-state index contributed by atoms with van der Waals surface area (Å²) >= 11 is 0. The molecule has 2 aromatic rings. The van der Waals surface area contributed by atoms with Crippen LogP contribution in [0.25, 0.3) is 0 Å². The number of aromatic nitrogens is 3. The lowest BCUT2D eigenvalue weighted by atomic mass is 10.1. The zero-order valence-corrected chi connectivity index (χ0v) is 12.4. The number of rotatable bonds is 7. The van der Waals surface area contributed by atoms with Crippen LogP contribution in [0.1, 0.15) is 35.1 Å². The van der Waals surface area contributed by atoms with Crippen molar-refractivity contribution in [3.63, 3.8) is 0 Å². The average molecular weight is 287 g/mol. The van der Waals surface area contributed by atoms with Gasteiger partial charge in [-0.15, -0.1) is 0 Å². The lowest BCUT2D eigenvalue weighted by molar-refractivity contribution is 0.0951. The van der Waals surface area contributed by atoms with E-state index >= 15 is 0 Å². The maximum absolute atomic E-state index is 11.7. The van der Waals surface area contributed by atoms with Gasteiger partial charge in [0, 0.05) is 30.7 Å². The predicted molar refractivity (Wildman–Crippen MR) is 82.4 cm³/mol. The molecule has 2 aromatic heterocycles. The van der Waals surface area contributed by atoms with Gasteiger partial charge in [-0.25, -0.2) is 0 Å². The van der Waals surface area contributed by atoms with Gasteiger partial charge in [0.25, 0.3) is 5.91 Å². The van der Waals surface area contributed by atoms with E-state index in [4.69, 9.17) is 0 Å². The molecule has 0 bridgehead atoms. The van der Waals surface area contributed by atoms with Crippen molar-refractivity contribution in [2.45, 2.75) is 26.7 Å². The second kappa shape index (κ2) is 7.42. The van der Waals surface area contributed by atoms with Gasteiger partial charge in [-0.05, 0) is 44.4 Å². The molecule has 6 nitrogen and oxygen atoms in total. The molecule has 2 heterocycles. The summed E-state index contributed by atoms with van der Waals surface area (Å²) in [6.45, 7) is 5.35. The Balaban J connectivity index is 1.82. The Kier molecular flexibility index (Phi) is 5.31. The molecule has 0 saturated carbocycles. The van der Waals surface area contributed by atoms with Crippen molar-refractivity contribution in [2.24, 2.45) is 0 Å². The number of aromatic amines is 1. The van der Waals surface area contributed by atoms with Crippen LogP contribution < -0.4 is 10.6 Å². The minimum atomic E-state index is -0.143. The molecule has 0 aliphatic carbocycles. The molecule has 6 heteroatoms. The number of carbonyl (C=O) groups is 1. The molecule has 0 radical (unpaired) electrons. The minimum absolute atomic E-state index is 0.143. The first kappa shape index (κ1) is 15.0. The van der Waals surface area contributed by atoms with E-state index in [-0.39, 0.29) is 5.91 Å². The quantitative estimate of drug-likeness (QED) is 0.679. The molecular weight excluding hydrogens is 266 g/mol. The van der Waals surface area contributed by atoms with Crippen molar-refractivity contribution in [2.75, 3.05) is 18.4 Å². The van der Waals surface area contributed by atoms with E-state index < -0.39 is 0 Å². The van der Waals surface area contributed by atoms with Gasteiger partial charge in [-0.3, -0.25) is 14.9 Å². The first-order valence-corrected chi connectivity index (χ1v) is 7.17. The standard InChI is InChI=1S/C15H21N5O/c1-3-16-15(21)14-9-13(6-8-18-14)17-7-4-5-12-10-19-20-11(12)2/h6,8-10H,3-5,7H2,1-2H3,(H,16,21)(H,17,18)(H,19,20). The smallest absolute Gasteiger partial charge is 0.269 e. The van der Waals surface area contributed by atoms with Gasteiger partial charge in [-0.1, -0.05) is 0 Å². The van der Waals surface area contributed by atoms with Gasteiger partial charge in [0.05, 0.1) is 6.20 Å². The summed E-state index contributed by atoms with van der Waals surface area (Å²) in [5.74, 6) is -0.143. The largest absolute Gasteiger partial charge is 0.385 e. The molecule has 0 atom stereocenters. The summed E-state index contributed by atoms with van der Waals surface area (Å²) in [6, 6.07) is 3.64. The van der Waals surface area contributed by atoms with E-state index in [1.807, 2.05) is 26.1 Å². The van der Waals surface area contributed by atoms with Crippen molar-refractivity contribution in [3.8, 4) is 0 Å². The van der Waals surface area contributed by atoms with Crippen LogP contribution in [0.2, 0.25) is 0 Å². The number of hydrogen-bond donors (Lipinski definition) is 3. The highest BCUT2D eigenvalue weighted by Gasteiger charge is 2.06. The summed E-state index contributed by atoms with van der Waals surface area (Å²) < 4.78 is 0. The second-order valence-electron chi connectivity index (χ2n) is 4.84. The summed E-state index contributed by atoms with van der Waals surface area (Å²) in [7, 11) is 0. The molecule has 2 rings (SSSR count). The van der Waals surface area contributed by atoms with Gasteiger partial charge >= 0.3 is 0 Å². The van der Waals surface area contributed by atoms with Crippen LogP contribution in [0.5, 0.6) is 0 Å². The van der Waals surface area contributed by atoms with Crippen LogP contribution in [0, 0.1) is 6.92 Å². The van der Waals surface area contributed by atoms with Crippen molar-refractivity contribution in [1.82, 2.24) is 20.5 Å². The van der Waals surface area contributed by atoms with Crippen LogP contribution in [-0.2, 0) is 6.42 Å². The van der Waals surface area contributed by atoms with Crippen molar-refractivity contribution in [1.29, 1.82) is 0 Å². The van der Waals surface area contributed by atoms with Crippen LogP contribution in [0.15, 0.2) is 24.5 Å². The molecule has 0 saturated heterocycles. The summed E-state index contributed by atoms with van der Waals surface area (Å²) in [5.41, 5.74) is 3.72. The maximum atomic E-state index is 11.7. The fraction of sp³-hybridized carbons (Fsp3) is 0.400. The zero-order chi connectivity index (χ0) is 15.1. The molecule has 0 aromatic carbocycles. The maximum Gasteiger partial charge on any atom is 0.269 e. The number of pyridine rings is 1. The van der Waals surface area contributed by atoms with Crippen LogP contribution in [0.4, 0.5) is 5.69 Å². The number of anilines is 1. The van der Waals surface area contributed by atoms with Gasteiger partial charge in [0.1, 0.15) is 5.69 Å². The Hall–Kier alpha value is -2.37. The first-order valence-electron chi connectivity index (χ1n) is 7.17. The molecular formula is C15H21N5O. The van der Waals surface area contributed by atoms with E-state index in [9.17, 15) is 4.79 Å². The molecule has 0 fully saturated rings. The zero-order valence-electron chi connectivity index (χ0n) is 12.4. The van der Waals surface area contributed by atoms with Crippen molar-refractivity contribution >= 4 is 11.6 Å². The van der Waals surface area contributed by atoms with Crippen LogP contribution in [0.3, 0.4) is 0 Å². The van der Waals surface area contributed by atoms with E-state index in [2.05, 4.69) is 25.8 Å². The molecule has 0 spiro atoms. The fourth-order valence-electron chi connectivity index (χ4n) is 2.06. The van der Waals surface area contributed by atoms with Crippen molar-refractivity contribution < 1.29 is 4.79 Å². The Morgan fingerprint density at radius 1 is 1.43 bits per heavy atom. The van der Waals surface area contributed by atoms with E-state index in [0.717, 1.165) is 30.8 Å². The number of nitrogens with zero attached hydrogens (tertiary/aromatic N) is 2. The minimum Gasteiger partial charge on any atom is -0.385 e. The Morgan fingerprint density at radius 3 is 3.00 bits per heavy atom. The van der Waals surface area contributed by atoms with Gasteiger partial charge in [-0.2, -0.15) is 5.10 Å². The summed E-state index contributed by atoms with van der Waals surface area (Å²) in [5, 5.41) is 13.0. The van der Waals surface area contributed by atoms with Crippen LogP contribution >= 0.6 is 0 Å². The van der Waals surface area contributed by atoms with E-state index in [1.54, 1.807) is 12.3 Å². The fourth-order valence-corrected chi connectivity index (χ4v) is 2.06. The lowest BCUT2D eigenvalue weighted by Gasteiger charge is -2.07. The molecule has 112 valence electrons. The second-order valence-corrected chi connectivity index (χ2v) is 4.84. The molecule has 0 aliphatic rings. The Labute approximate surface area is 124 Å². The predicted octanol–water partition coefficient (Wildman–Crippen LogP) is 1.91. The topological polar surface area (TPSA) is 82.7 Å². The number of nitrogens with one attached hydrogen (secondary N) is 3. The van der Waals surface area contributed by atoms with E-state index in [0.29, 0.717) is 12.2 Å². The number of carbonyl (C=O) groups excluding carboxylic acids is 1. The molecule has 21 heavy (non-hydrogen) atoms. The molecule has 1 amide bonds. The third-order valence-corrected chi connectivity index (χ3v) is 3.22. The molecule has 0 aliphatic heterocycles.